The second-order valence-corrected chi connectivity index (χ2v) is 6.78. The SMILES string of the molecule is CCc1ccc(N2C(=O)[C@@H]3[C@@H](N=NN3CC(=O)Nc3cccc(F)c3)C2=O)cc1. The summed E-state index contributed by atoms with van der Waals surface area (Å²) in [7, 11) is 0. The maximum Gasteiger partial charge on any atom is 0.263 e. The summed E-state index contributed by atoms with van der Waals surface area (Å²) < 4.78 is 13.3. The zero-order valence-corrected chi connectivity index (χ0v) is 15.6. The molecule has 0 saturated carbocycles. The third-order valence-electron chi connectivity index (χ3n) is 4.87. The van der Waals surface area contributed by atoms with Crippen molar-refractivity contribution in [1.82, 2.24) is 5.01 Å². The van der Waals surface area contributed by atoms with Crippen LogP contribution in [0.5, 0.6) is 0 Å². The van der Waals surface area contributed by atoms with E-state index < -0.39 is 35.6 Å². The number of benzene rings is 2. The minimum absolute atomic E-state index is 0.286. The fourth-order valence-electron chi connectivity index (χ4n) is 3.40. The highest BCUT2D eigenvalue weighted by molar-refractivity contribution is 6.25. The number of nitrogens with one attached hydrogen (secondary N) is 1. The molecule has 3 amide bonds. The Morgan fingerprint density at radius 2 is 1.90 bits per heavy atom. The van der Waals surface area contributed by atoms with Gasteiger partial charge in [-0.15, -0.1) is 0 Å². The average molecular weight is 395 g/mol. The highest BCUT2D eigenvalue weighted by atomic mass is 19.1. The molecule has 29 heavy (non-hydrogen) atoms. The Hall–Kier alpha value is -3.62. The number of hydrogen-bond donors (Lipinski definition) is 1. The molecule has 0 aliphatic carbocycles. The number of carbonyl (C=O) groups is 3. The molecule has 1 N–H and O–H groups in total. The van der Waals surface area contributed by atoms with Gasteiger partial charge in [0.1, 0.15) is 12.4 Å². The summed E-state index contributed by atoms with van der Waals surface area (Å²) in [5, 5.41) is 11.5. The second kappa shape index (κ2) is 7.42. The monoisotopic (exact) mass is 395 g/mol. The molecular formula is C20H18FN5O3. The fraction of sp³-hybridized carbons (Fsp3) is 0.250. The Balaban J connectivity index is 1.48. The third-order valence-corrected chi connectivity index (χ3v) is 4.87. The van der Waals surface area contributed by atoms with E-state index in [0.29, 0.717) is 5.69 Å². The van der Waals surface area contributed by atoms with Crippen LogP contribution < -0.4 is 10.2 Å². The molecule has 2 aliphatic rings. The lowest BCUT2D eigenvalue weighted by molar-refractivity contribution is -0.123. The van der Waals surface area contributed by atoms with Crippen molar-refractivity contribution in [1.29, 1.82) is 0 Å². The van der Waals surface area contributed by atoms with E-state index in [4.69, 9.17) is 0 Å². The van der Waals surface area contributed by atoms with Gasteiger partial charge in [0.2, 0.25) is 5.91 Å². The molecule has 0 bridgehead atoms. The highest BCUT2D eigenvalue weighted by Crippen LogP contribution is 2.31. The van der Waals surface area contributed by atoms with Crippen molar-refractivity contribution in [2.24, 2.45) is 10.3 Å². The number of imide groups is 1. The number of halogens is 1. The maximum atomic E-state index is 13.3. The van der Waals surface area contributed by atoms with Crippen LogP contribution in [0.1, 0.15) is 12.5 Å². The van der Waals surface area contributed by atoms with Crippen LogP contribution in [-0.2, 0) is 20.8 Å². The molecule has 0 aromatic heterocycles. The molecule has 8 nitrogen and oxygen atoms in total. The highest BCUT2D eigenvalue weighted by Gasteiger charge is 2.55. The van der Waals surface area contributed by atoms with Crippen molar-refractivity contribution < 1.29 is 18.8 Å². The zero-order valence-electron chi connectivity index (χ0n) is 15.6. The number of hydrogen-bond acceptors (Lipinski definition) is 6. The molecule has 148 valence electrons. The number of rotatable bonds is 5. The van der Waals surface area contributed by atoms with Crippen molar-refractivity contribution in [2.75, 3.05) is 16.8 Å². The standard InChI is InChI=1S/C20H18FN5O3/c1-2-12-6-8-15(9-7-12)26-19(28)17-18(20(26)29)25(24-23-17)11-16(27)22-14-5-3-4-13(21)10-14/h3-10,17-18H,2,11H2,1H3,(H,22,27)/t17-,18+/m1/s1. The summed E-state index contributed by atoms with van der Waals surface area (Å²) in [6.07, 6.45) is 0.843. The number of amides is 3. The lowest BCUT2D eigenvalue weighted by Gasteiger charge is -2.20. The smallest absolute Gasteiger partial charge is 0.263 e. The molecular weight excluding hydrogens is 377 g/mol. The third kappa shape index (κ3) is 3.46. The van der Waals surface area contributed by atoms with Crippen LogP contribution in [0, 0.1) is 5.82 Å². The molecule has 2 aromatic carbocycles. The van der Waals surface area contributed by atoms with Crippen molar-refractivity contribution in [3.05, 3.63) is 59.9 Å². The molecule has 9 heteroatoms. The quantitative estimate of drug-likeness (QED) is 0.786. The van der Waals surface area contributed by atoms with Gasteiger partial charge in [0.05, 0.1) is 5.69 Å². The topological polar surface area (TPSA) is 94.4 Å². The summed E-state index contributed by atoms with van der Waals surface area (Å²) in [6, 6.07) is 10.7. The van der Waals surface area contributed by atoms with Crippen LogP contribution >= 0.6 is 0 Å². The number of nitrogens with zero attached hydrogens (tertiary/aromatic N) is 4. The number of carbonyl (C=O) groups excluding carboxylic acids is 3. The van der Waals surface area contributed by atoms with Gasteiger partial charge in [-0.05, 0) is 42.3 Å². The number of anilines is 2. The number of fused-ring (bicyclic) bond motifs is 1. The molecule has 2 atom stereocenters. The summed E-state index contributed by atoms with van der Waals surface area (Å²) in [5.41, 5.74) is 1.84. The van der Waals surface area contributed by atoms with E-state index in [-0.39, 0.29) is 12.2 Å². The minimum atomic E-state index is -0.977. The molecule has 4 rings (SSSR count). The van der Waals surface area contributed by atoms with Gasteiger partial charge in [-0.1, -0.05) is 30.3 Å². The molecule has 0 radical (unpaired) electrons. The van der Waals surface area contributed by atoms with Gasteiger partial charge < -0.3 is 5.32 Å². The second-order valence-electron chi connectivity index (χ2n) is 6.78. The summed E-state index contributed by atoms with van der Waals surface area (Å²) in [6.45, 7) is 1.72. The van der Waals surface area contributed by atoms with Crippen LogP contribution in [0.2, 0.25) is 0 Å². The van der Waals surface area contributed by atoms with Crippen molar-refractivity contribution in [2.45, 2.75) is 25.4 Å². The molecule has 2 aliphatic heterocycles. The first-order valence-electron chi connectivity index (χ1n) is 9.17. The number of aryl methyl sites for hydroxylation is 1. The predicted molar refractivity (Wildman–Crippen MR) is 102 cm³/mol. The summed E-state index contributed by atoms with van der Waals surface area (Å²) in [5.74, 6) is -1.93. The van der Waals surface area contributed by atoms with E-state index in [0.717, 1.165) is 16.9 Å². The summed E-state index contributed by atoms with van der Waals surface area (Å²) in [4.78, 5) is 39.0. The van der Waals surface area contributed by atoms with Crippen molar-refractivity contribution >= 4 is 29.1 Å². The van der Waals surface area contributed by atoms with Gasteiger partial charge in [-0.2, -0.15) is 5.11 Å². The molecule has 0 unspecified atom stereocenters. The Kier molecular flexibility index (Phi) is 4.79. The Morgan fingerprint density at radius 1 is 1.14 bits per heavy atom. The first-order chi connectivity index (χ1) is 14.0. The van der Waals surface area contributed by atoms with Crippen LogP contribution in [0.4, 0.5) is 15.8 Å². The van der Waals surface area contributed by atoms with Gasteiger partial charge in [0.15, 0.2) is 12.1 Å². The largest absolute Gasteiger partial charge is 0.324 e. The van der Waals surface area contributed by atoms with Gasteiger partial charge >= 0.3 is 0 Å². The Morgan fingerprint density at radius 3 is 2.59 bits per heavy atom. The van der Waals surface area contributed by atoms with E-state index in [9.17, 15) is 18.8 Å². The van der Waals surface area contributed by atoms with E-state index >= 15 is 0 Å². The van der Waals surface area contributed by atoms with Crippen molar-refractivity contribution in [3.8, 4) is 0 Å². The van der Waals surface area contributed by atoms with Crippen LogP contribution in [-0.4, -0.2) is 41.4 Å². The van der Waals surface area contributed by atoms with E-state index in [1.165, 1.54) is 23.2 Å². The molecule has 2 aromatic rings. The molecule has 1 saturated heterocycles. The van der Waals surface area contributed by atoms with Gasteiger partial charge in [-0.3, -0.25) is 19.4 Å². The lowest BCUT2D eigenvalue weighted by atomic mass is 10.1. The Bertz CT molecular complexity index is 1010. The lowest BCUT2D eigenvalue weighted by Crippen LogP contribution is -2.43. The molecule has 2 heterocycles. The zero-order chi connectivity index (χ0) is 20.5. The first kappa shape index (κ1) is 18.7. The minimum Gasteiger partial charge on any atom is -0.324 e. The van der Waals surface area contributed by atoms with Gasteiger partial charge in [-0.25, -0.2) is 9.29 Å². The van der Waals surface area contributed by atoms with E-state index in [1.54, 1.807) is 18.2 Å². The van der Waals surface area contributed by atoms with E-state index in [2.05, 4.69) is 15.7 Å². The average Bonchev–Trinajstić information content (AvgIpc) is 3.22. The van der Waals surface area contributed by atoms with Gasteiger partial charge in [0.25, 0.3) is 11.8 Å². The van der Waals surface area contributed by atoms with Crippen LogP contribution in [0.15, 0.2) is 58.9 Å². The summed E-state index contributed by atoms with van der Waals surface area (Å²) >= 11 is 0. The normalized spacial score (nSPS) is 20.3. The molecule has 0 spiro atoms. The van der Waals surface area contributed by atoms with Crippen LogP contribution in [0.25, 0.3) is 0 Å². The Labute approximate surface area is 166 Å². The van der Waals surface area contributed by atoms with Crippen molar-refractivity contribution in [3.63, 3.8) is 0 Å². The maximum absolute atomic E-state index is 13.3. The molecule has 1 fully saturated rings. The van der Waals surface area contributed by atoms with Crippen LogP contribution in [0.3, 0.4) is 0 Å². The van der Waals surface area contributed by atoms with E-state index in [1.807, 2.05) is 19.1 Å². The predicted octanol–water partition coefficient (Wildman–Crippen LogP) is 2.32. The fourth-order valence-corrected chi connectivity index (χ4v) is 3.40. The van der Waals surface area contributed by atoms with Gasteiger partial charge in [0, 0.05) is 5.69 Å². The first-order valence-corrected chi connectivity index (χ1v) is 9.17.